The summed E-state index contributed by atoms with van der Waals surface area (Å²) in [5.74, 6) is -0.602. The molecule has 22 heavy (non-hydrogen) atoms. The first-order valence-corrected chi connectivity index (χ1v) is 7.64. The van der Waals surface area contributed by atoms with E-state index in [0.29, 0.717) is 5.56 Å². The van der Waals surface area contributed by atoms with Gasteiger partial charge in [-0.2, -0.15) is 24.5 Å². The lowest BCUT2D eigenvalue weighted by Crippen LogP contribution is -2.38. The molecule has 0 spiro atoms. The van der Waals surface area contributed by atoms with Crippen molar-refractivity contribution < 1.29 is 18.0 Å². The zero-order chi connectivity index (χ0) is 16.3. The maximum Gasteiger partial charge on any atom is 0.406 e. The standard InChI is InChI=1S/C16H16F3NOS/c1-11-5-12(2)7-14(6-11)15(21)20(10-16(17,18)19)8-13-3-4-22-9-13/h3-7,9H,8,10H2,1-2H3. The molecule has 0 fully saturated rings. The lowest BCUT2D eigenvalue weighted by molar-refractivity contribution is -0.141. The molecule has 1 aromatic heterocycles. The van der Waals surface area contributed by atoms with Crippen molar-refractivity contribution in [3.63, 3.8) is 0 Å². The number of hydrogen-bond acceptors (Lipinski definition) is 2. The molecule has 6 heteroatoms. The van der Waals surface area contributed by atoms with Crippen molar-refractivity contribution in [1.29, 1.82) is 0 Å². The molecule has 1 amide bonds. The van der Waals surface area contributed by atoms with E-state index in [1.54, 1.807) is 29.0 Å². The van der Waals surface area contributed by atoms with Gasteiger partial charge in [0.1, 0.15) is 6.54 Å². The van der Waals surface area contributed by atoms with E-state index >= 15 is 0 Å². The summed E-state index contributed by atoms with van der Waals surface area (Å²) in [6.07, 6.45) is -4.43. The Morgan fingerprint density at radius 3 is 2.32 bits per heavy atom. The number of carbonyl (C=O) groups is 1. The number of rotatable bonds is 4. The monoisotopic (exact) mass is 327 g/mol. The lowest BCUT2D eigenvalue weighted by atomic mass is 10.1. The van der Waals surface area contributed by atoms with E-state index in [4.69, 9.17) is 0 Å². The van der Waals surface area contributed by atoms with E-state index in [9.17, 15) is 18.0 Å². The van der Waals surface area contributed by atoms with Gasteiger partial charge in [-0.25, -0.2) is 0 Å². The van der Waals surface area contributed by atoms with Crippen LogP contribution in [0, 0.1) is 13.8 Å². The third kappa shape index (κ3) is 4.59. The van der Waals surface area contributed by atoms with Gasteiger partial charge in [0.05, 0.1) is 0 Å². The van der Waals surface area contributed by atoms with Gasteiger partial charge < -0.3 is 4.90 Å². The minimum atomic E-state index is -4.43. The Labute approximate surface area is 131 Å². The summed E-state index contributed by atoms with van der Waals surface area (Å²) >= 11 is 1.39. The molecule has 2 nitrogen and oxygen atoms in total. The molecule has 2 aromatic rings. The highest BCUT2D eigenvalue weighted by molar-refractivity contribution is 7.07. The fraction of sp³-hybridized carbons (Fsp3) is 0.312. The van der Waals surface area contributed by atoms with E-state index in [1.165, 1.54) is 11.3 Å². The lowest BCUT2D eigenvalue weighted by Gasteiger charge is -2.24. The maximum atomic E-state index is 12.8. The number of hydrogen-bond donors (Lipinski definition) is 0. The molecule has 0 aliphatic rings. The zero-order valence-electron chi connectivity index (χ0n) is 12.3. The zero-order valence-corrected chi connectivity index (χ0v) is 13.1. The molecule has 0 unspecified atom stereocenters. The van der Waals surface area contributed by atoms with Crippen molar-refractivity contribution in [2.75, 3.05) is 6.54 Å². The van der Waals surface area contributed by atoms with Gasteiger partial charge in [-0.05, 0) is 48.4 Å². The molecule has 0 N–H and O–H groups in total. The van der Waals surface area contributed by atoms with Gasteiger partial charge in [0.25, 0.3) is 5.91 Å². The predicted octanol–water partition coefficient (Wildman–Crippen LogP) is 4.57. The Hall–Kier alpha value is -1.82. The first-order chi connectivity index (χ1) is 10.2. The number of thiophene rings is 1. The quantitative estimate of drug-likeness (QED) is 0.805. The van der Waals surface area contributed by atoms with E-state index in [2.05, 4.69) is 0 Å². The minimum absolute atomic E-state index is 0.0468. The Kier molecular flexibility index (Phi) is 4.90. The molecule has 1 aromatic carbocycles. The minimum Gasteiger partial charge on any atom is -0.325 e. The van der Waals surface area contributed by atoms with Crippen LogP contribution < -0.4 is 0 Å². The van der Waals surface area contributed by atoms with Crippen LogP contribution in [0.5, 0.6) is 0 Å². The SMILES string of the molecule is Cc1cc(C)cc(C(=O)N(Cc2ccsc2)CC(F)(F)F)c1. The number of aryl methyl sites for hydroxylation is 2. The molecule has 0 bridgehead atoms. The van der Waals surface area contributed by atoms with Crippen molar-refractivity contribution in [3.05, 3.63) is 57.3 Å². The van der Waals surface area contributed by atoms with Crippen molar-refractivity contribution in [2.24, 2.45) is 0 Å². The Bertz CT molecular complexity index is 630. The maximum absolute atomic E-state index is 12.8. The Balaban J connectivity index is 2.28. The van der Waals surface area contributed by atoms with Gasteiger partial charge in [-0.3, -0.25) is 4.79 Å². The van der Waals surface area contributed by atoms with Gasteiger partial charge in [0.2, 0.25) is 0 Å². The first kappa shape index (κ1) is 16.5. The van der Waals surface area contributed by atoms with Crippen molar-refractivity contribution in [1.82, 2.24) is 4.90 Å². The third-order valence-electron chi connectivity index (χ3n) is 3.08. The van der Waals surface area contributed by atoms with Crippen LogP contribution in [-0.2, 0) is 6.54 Å². The van der Waals surface area contributed by atoms with Crippen LogP contribution in [0.1, 0.15) is 27.0 Å². The molecule has 1 heterocycles. The second kappa shape index (κ2) is 6.52. The summed E-state index contributed by atoms with van der Waals surface area (Å²) < 4.78 is 38.3. The van der Waals surface area contributed by atoms with E-state index in [-0.39, 0.29) is 12.1 Å². The molecule has 0 saturated carbocycles. The number of alkyl halides is 3. The summed E-state index contributed by atoms with van der Waals surface area (Å²) in [6, 6.07) is 6.84. The molecule has 0 atom stereocenters. The number of nitrogens with zero attached hydrogens (tertiary/aromatic N) is 1. The van der Waals surface area contributed by atoms with Crippen LogP contribution in [0.2, 0.25) is 0 Å². The molecule has 0 aliphatic heterocycles. The van der Waals surface area contributed by atoms with E-state index < -0.39 is 18.6 Å². The predicted molar refractivity (Wildman–Crippen MR) is 81.0 cm³/mol. The van der Waals surface area contributed by atoms with Crippen molar-refractivity contribution >= 4 is 17.2 Å². The number of halogens is 3. The smallest absolute Gasteiger partial charge is 0.325 e. The first-order valence-electron chi connectivity index (χ1n) is 6.70. The highest BCUT2D eigenvalue weighted by Crippen LogP contribution is 2.21. The summed E-state index contributed by atoms with van der Waals surface area (Å²) in [5.41, 5.74) is 2.70. The molecule has 0 aliphatic carbocycles. The topological polar surface area (TPSA) is 20.3 Å². The number of amides is 1. The Morgan fingerprint density at radius 1 is 1.18 bits per heavy atom. The molecule has 118 valence electrons. The fourth-order valence-electron chi connectivity index (χ4n) is 2.30. The van der Waals surface area contributed by atoms with Gasteiger partial charge >= 0.3 is 6.18 Å². The van der Waals surface area contributed by atoms with Crippen LogP contribution in [0.15, 0.2) is 35.0 Å². The molecule has 0 saturated heterocycles. The fourth-order valence-corrected chi connectivity index (χ4v) is 2.96. The summed E-state index contributed by atoms with van der Waals surface area (Å²) in [6.45, 7) is 2.33. The van der Waals surface area contributed by atoms with Crippen LogP contribution in [-0.4, -0.2) is 23.5 Å². The molecule has 2 rings (SSSR count). The summed E-state index contributed by atoms with van der Waals surface area (Å²) in [7, 11) is 0. The van der Waals surface area contributed by atoms with Gasteiger partial charge in [0, 0.05) is 12.1 Å². The van der Waals surface area contributed by atoms with Crippen LogP contribution in [0.3, 0.4) is 0 Å². The average Bonchev–Trinajstić information content (AvgIpc) is 2.87. The largest absolute Gasteiger partial charge is 0.406 e. The highest BCUT2D eigenvalue weighted by atomic mass is 32.1. The van der Waals surface area contributed by atoms with Gasteiger partial charge in [-0.15, -0.1) is 0 Å². The second-order valence-electron chi connectivity index (χ2n) is 5.28. The van der Waals surface area contributed by atoms with Gasteiger partial charge in [0.15, 0.2) is 0 Å². The molecular formula is C16H16F3NOS. The van der Waals surface area contributed by atoms with Gasteiger partial charge in [-0.1, -0.05) is 17.2 Å². The summed E-state index contributed by atoms with van der Waals surface area (Å²) in [4.78, 5) is 13.3. The molecule has 0 radical (unpaired) electrons. The van der Waals surface area contributed by atoms with Crippen LogP contribution in [0.25, 0.3) is 0 Å². The second-order valence-corrected chi connectivity index (χ2v) is 6.06. The van der Waals surface area contributed by atoms with Crippen molar-refractivity contribution in [3.8, 4) is 0 Å². The third-order valence-corrected chi connectivity index (χ3v) is 3.81. The van der Waals surface area contributed by atoms with E-state index in [0.717, 1.165) is 16.0 Å². The summed E-state index contributed by atoms with van der Waals surface area (Å²) in [5, 5.41) is 3.53. The van der Waals surface area contributed by atoms with Crippen LogP contribution in [0.4, 0.5) is 13.2 Å². The van der Waals surface area contributed by atoms with Crippen molar-refractivity contribution in [2.45, 2.75) is 26.6 Å². The van der Waals surface area contributed by atoms with E-state index in [1.807, 2.05) is 19.9 Å². The Morgan fingerprint density at radius 2 is 1.82 bits per heavy atom. The normalized spacial score (nSPS) is 11.5. The number of carbonyl (C=O) groups excluding carboxylic acids is 1. The number of benzene rings is 1. The average molecular weight is 327 g/mol. The molecular weight excluding hydrogens is 311 g/mol. The van der Waals surface area contributed by atoms with Crippen LogP contribution >= 0.6 is 11.3 Å². The highest BCUT2D eigenvalue weighted by Gasteiger charge is 2.33.